The maximum Gasteiger partial charge on any atom is 0.252 e. The van der Waals surface area contributed by atoms with Gasteiger partial charge in [0.1, 0.15) is 6.33 Å². The third kappa shape index (κ3) is 0.809. The van der Waals surface area contributed by atoms with E-state index in [4.69, 9.17) is 0 Å². The van der Waals surface area contributed by atoms with Crippen LogP contribution in [0.3, 0.4) is 0 Å². The van der Waals surface area contributed by atoms with E-state index in [1.807, 2.05) is 13.8 Å². The lowest BCUT2D eigenvalue weighted by Gasteiger charge is -2.03. The van der Waals surface area contributed by atoms with Gasteiger partial charge in [-0.05, 0) is 26.3 Å². The van der Waals surface area contributed by atoms with Gasteiger partial charge in [-0.15, -0.1) is 0 Å². The first-order valence-corrected chi connectivity index (χ1v) is 3.69. The van der Waals surface area contributed by atoms with Gasteiger partial charge in [0.15, 0.2) is 0 Å². The predicted octanol–water partition coefficient (Wildman–Crippen LogP) is 0.923. The Morgan fingerprint density at radius 2 is 2.17 bits per heavy atom. The number of fused-ring (bicyclic) bond motifs is 1. The Balaban J connectivity index is 2.94. The molecule has 0 saturated heterocycles. The van der Waals surface area contributed by atoms with Crippen molar-refractivity contribution in [1.29, 1.82) is 0 Å². The van der Waals surface area contributed by atoms with Crippen molar-refractivity contribution in [1.82, 2.24) is 19.6 Å². The van der Waals surface area contributed by atoms with E-state index in [9.17, 15) is 0 Å². The standard InChI is InChI=1S/C8H9N4/c1-5-6(2)11-8-9-4-10-12(8)7(5)3/h4H,1H2,2-3H3. The van der Waals surface area contributed by atoms with Gasteiger partial charge >= 0.3 is 0 Å². The van der Waals surface area contributed by atoms with Gasteiger partial charge in [0.2, 0.25) is 0 Å². The molecule has 0 bridgehead atoms. The molecule has 0 N–H and O–H groups in total. The average Bonchev–Trinajstić information content (AvgIpc) is 2.48. The number of hydrogen-bond acceptors (Lipinski definition) is 3. The first kappa shape index (κ1) is 7.21. The lowest BCUT2D eigenvalue weighted by atomic mass is 10.2. The Morgan fingerprint density at radius 1 is 1.42 bits per heavy atom. The molecular formula is C8H9N4. The van der Waals surface area contributed by atoms with Gasteiger partial charge in [0.05, 0.1) is 0 Å². The van der Waals surface area contributed by atoms with Crippen LogP contribution >= 0.6 is 0 Å². The van der Waals surface area contributed by atoms with Gasteiger partial charge < -0.3 is 0 Å². The molecular weight excluding hydrogens is 152 g/mol. The molecule has 2 aromatic rings. The van der Waals surface area contributed by atoms with Gasteiger partial charge in [-0.2, -0.15) is 10.1 Å². The van der Waals surface area contributed by atoms with Crippen LogP contribution in [0.5, 0.6) is 0 Å². The van der Waals surface area contributed by atoms with Crippen LogP contribution in [0.4, 0.5) is 0 Å². The minimum absolute atomic E-state index is 0.636. The Labute approximate surface area is 70.3 Å². The number of aromatic nitrogens is 4. The van der Waals surface area contributed by atoms with Crippen molar-refractivity contribution in [3.8, 4) is 0 Å². The van der Waals surface area contributed by atoms with Gasteiger partial charge in [-0.3, -0.25) is 0 Å². The molecule has 4 heteroatoms. The van der Waals surface area contributed by atoms with Gasteiger partial charge in [0, 0.05) is 11.4 Å². The minimum atomic E-state index is 0.636. The maximum atomic E-state index is 4.22. The smallest absolute Gasteiger partial charge is 0.216 e. The zero-order chi connectivity index (χ0) is 8.72. The second-order valence-corrected chi connectivity index (χ2v) is 2.73. The molecule has 0 spiro atoms. The Kier molecular flexibility index (Phi) is 1.36. The summed E-state index contributed by atoms with van der Waals surface area (Å²) in [6.07, 6.45) is 1.49. The van der Waals surface area contributed by atoms with E-state index in [-0.39, 0.29) is 0 Å². The van der Waals surface area contributed by atoms with Crippen LogP contribution in [0.15, 0.2) is 6.33 Å². The highest BCUT2D eigenvalue weighted by Gasteiger charge is 2.05. The molecule has 0 saturated carbocycles. The number of aryl methyl sites for hydroxylation is 2. The number of rotatable bonds is 0. The highest BCUT2D eigenvalue weighted by molar-refractivity contribution is 5.36. The molecule has 12 heavy (non-hydrogen) atoms. The summed E-state index contributed by atoms with van der Waals surface area (Å²) in [5.41, 5.74) is 2.83. The summed E-state index contributed by atoms with van der Waals surface area (Å²) in [6, 6.07) is 0. The lowest BCUT2D eigenvalue weighted by molar-refractivity contribution is 0.877. The summed E-state index contributed by atoms with van der Waals surface area (Å²) in [4.78, 5) is 8.22. The first-order chi connectivity index (χ1) is 5.70. The van der Waals surface area contributed by atoms with Crippen LogP contribution in [0.2, 0.25) is 0 Å². The summed E-state index contributed by atoms with van der Waals surface area (Å²) in [5.74, 6) is 0.636. The third-order valence-corrected chi connectivity index (χ3v) is 1.99. The molecule has 0 aliphatic carbocycles. The molecule has 0 amide bonds. The van der Waals surface area contributed by atoms with Gasteiger partial charge in [-0.25, -0.2) is 9.50 Å². The molecule has 0 atom stereocenters. The maximum absolute atomic E-state index is 4.22. The average molecular weight is 161 g/mol. The van der Waals surface area contributed by atoms with E-state index in [2.05, 4.69) is 22.0 Å². The van der Waals surface area contributed by atoms with Crippen LogP contribution < -0.4 is 0 Å². The summed E-state index contributed by atoms with van der Waals surface area (Å²) < 4.78 is 1.69. The SMILES string of the molecule is [CH2]c1c(C)nc2ncnn2c1C. The molecule has 0 unspecified atom stereocenters. The monoisotopic (exact) mass is 161 g/mol. The van der Waals surface area contributed by atoms with E-state index >= 15 is 0 Å². The van der Waals surface area contributed by atoms with Crippen molar-refractivity contribution in [3.63, 3.8) is 0 Å². The Bertz CT molecular complexity index is 430. The molecule has 1 radical (unpaired) electrons. The van der Waals surface area contributed by atoms with Crippen LogP contribution in [-0.2, 0) is 0 Å². The van der Waals surface area contributed by atoms with Crippen LogP contribution in [-0.4, -0.2) is 19.6 Å². The largest absolute Gasteiger partial charge is 0.252 e. The van der Waals surface area contributed by atoms with Crippen molar-refractivity contribution < 1.29 is 0 Å². The quantitative estimate of drug-likeness (QED) is 0.577. The third-order valence-electron chi connectivity index (χ3n) is 1.99. The molecule has 0 aliphatic heterocycles. The minimum Gasteiger partial charge on any atom is -0.216 e. The van der Waals surface area contributed by atoms with Gasteiger partial charge in [0.25, 0.3) is 5.78 Å². The molecule has 2 rings (SSSR count). The normalized spacial score (nSPS) is 10.9. The van der Waals surface area contributed by atoms with E-state index in [0.717, 1.165) is 17.0 Å². The van der Waals surface area contributed by atoms with Crippen LogP contribution in [0, 0.1) is 20.8 Å². The van der Waals surface area contributed by atoms with Crippen molar-refractivity contribution in [3.05, 3.63) is 30.2 Å². The summed E-state index contributed by atoms with van der Waals surface area (Å²) in [6.45, 7) is 7.78. The molecule has 4 nitrogen and oxygen atoms in total. The second-order valence-electron chi connectivity index (χ2n) is 2.73. The molecule has 61 valence electrons. The highest BCUT2D eigenvalue weighted by Crippen LogP contribution is 2.09. The summed E-state index contributed by atoms with van der Waals surface area (Å²) in [7, 11) is 0. The van der Waals surface area contributed by atoms with E-state index in [1.165, 1.54) is 6.33 Å². The highest BCUT2D eigenvalue weighted by atomic mass is 15.3. The fourth-order valence-corrected chi connectivity index (χ4v) is 1.16. The lowest BCUT2D eigenvalue weighted by Crippen LogP contribution is -2.01. The molecule has 0 aromatic carbocycles. The van der Waals surface area contributed by atoms with Gasteiger partial charge in [-0.1, -0.05) is 0 Å². The first-order valence-electron chi connectivity index (χ1n) is 3.69. The Morgan fingerprint density at radius 3 is 2.92 bits per heavy atom. The molecule has 2 aromatic heterocycles. The second kappa shape index (κ2) is 2.27. The predicted molar refractivity (Wildman–Crippen MR) is 44.7 cm³/mol. The van der Waals surface area contributed by atoms with E-state index < -0.39 is 0 Å². The van der Waals surface area contributed by atoms with E-state index in [0.29, 0.717) is 5.78 Å². The molecule has 0 fully saturated rings. The fraction of sp³-hybridized carbons (Fsp3) is 0.250. The zero-order valence-corrected chi connectivity index (χ0v) is 7.07. The van der Waals surface area contributed by atoms with Crippen molar-refractivity contribution >= 4 is 5.78 Å². The number of nitrogens with zero attached hydrogens (tertiary/aromatic N) is 4. The Hall–Kier alpha value is -1.45. The summed E-state index contributed by atoms with van der Waals surface area (Å²) >= 11 is 0. The molecule has 0 aliphatic rings. The number of hydrogen-bond donors (Lipinski definition) is 0. The van der Waals surface area contributed by atoms with Crippen molar-refractivity contribution in [2.45, 2.75) is 13.8 Å². The van der Waals surface area contributed by atoms with E-state index in [1.54, 1.807) is 4.52 Å². The fourth-order valence-electron chi connectivity index (χ4n) is 1.16. The topological polar surface area (TPSA) is 43.1 Å². The van der Waals surface area contributed by atoms with Crippen molar-refractivity contribution in [2.75, 3.05) is 0 Å². The molecule has 2 heterocycles. The van der Waals surface area contributed by atoms with Crippen LogP contribution in [0.1, 0.15) is 17.0 Å². The van der Waals surface area contributed by atoms with Crippen molar-refractivity contribution in [2.24, 2.45) is 0 Å². The van der Waals surface area contributed by atoms with Crippen LogP contribution in [0.25, 0.3) is 5.78 Å². The zero-order valence-electron chi connectivity index (χ0n) is 7.07. The summed E-state index contributed by atoms with van der Waals surface area (Å²) in [5, 5.41) is 4.02.